The van der Waals surface area contributed by atoms with Gasteiger partial charge in [0.2, 0.25) is 5.91 Å². The number of halogens is 1. The number of amides is 1. The molecule has 0 saturated heterocycles. The monoisotopic (exact) mass is 416 g/mol. The molecule has 3 aromatic rings. The Labute approximate surface area is 159 Å². The molecule has 0 saturated carbocycles. The summed E-state index contributed by atoms with van der Waals surface area (Å²) in [6, 6.07) is 15.5. The first-order valence-corrected chi connectivity index (χ1v) is 9.54. The molecule has 0 bridgehead atoms. The average molecular weight is 417 g/mol. The molecule has 0 aliphatic heterocycles. The van der Waals surface area contributed by atoms with Gasteiger partial charge in [-0.15, -0.1) is 11.3 Å². The van der Waals surface area contributed by atoms with E-state index in [-0.39, 0.29) is 5.91 Å². The van der Waals surface area contributed by atoms with E-state index in [1.807, 2.05) is 60.8 Å². The van der Waals surface area contributed by atoms with Crippen molar-refractivity contribution in [2.75, 3.05) is 11.9 Å². The summed E-state index contributed by atoms with van der Waals surface area (Å²) in [7, 11) is 0. The number of hydrogen-bond donors (Lipinski definition) is 1. The van der Waals surface area contributed by atoms with Gasteiger partial charge in [0.1, 0.15) is 5.75 Å². The van der Waals surface area contributed by atoms with Gasteiger partial charge in [-0.05, 0) is 36.8 Å². The van der Waals surface area contributed by atoms with Gasteiger partial charge in [0.05, 0.1) is 18.7 Å². The standard InChI is InChI=1S/C19H17BrN2O2S/c1-2-24-16-9-3-13(4-10-16)11-18(23)22-19-21-17(12-25-19)14-5-7-15(20)8-6-14/h3-10,12H,2,11H2,1H3,(H,21,22,23). The molecule has 0 aliphatic carbocycles. The highest BCUT2D eigenvalue weighted by Gasteiger charge is 2.09. The lowest BCUT2D eigenvalue weighted by Gasteiger charge is -2.05. The number of nitrogens with one attached hydrogen (secondary N) is 1. The van der Waals surface area contributed by atoms with Crippen LogP contribution in [0.1, 0.15) is 12.5 Å². The number of aromatic nitrogens is 1. The van der Waals surface area contributed by atoms with Crippen LogP contribution in [0.3, 0.4) is 0 Å². The van der Waals surface area contributed by atoms with Crippen molar-refractivity contribution in [3.05, 3.63) is 63.9 Å². The molecule has 25 heavy (non-hydrogen) atoms. The van der Waals surface area contributed by atoms with Crippen molar-refractivity contribution in [2.24, 2.45) is 0 Å². The Morgan fingerprint density at radius 1 is 1.16 bits per heavy atom. The Balaban J connectivity index is 1.60. The van der Waals surface area contributed by atoms with E-state index in [1.165, 1.54) is 11.3 Å². The average Bonchev–Trinajstić information content (AvgIpc) is 3.06. The van der Waals surface area contributed by atoms with Gasteiger partial charge in [-0.25, -0.2) is 4.98 Å². The number of nitrogens with zero attached hydrogens (tertiary/aromatic N) is 1. The molecule has 1 heterocycles. The number of carbonyl (C=O) groups excluding carboxylic acids is 1. The minimum atomic E-state index is -0.0825. The molecule has 4 nitrogen and oxygen atoms in total. The molecule has 0 fully saturated rings. The van der Waals surface area contributed by atoms with E-state index in [9.17, 15) is 4.79 Å². The zero-order chi connectivity index (χ0) is 17.6. The molecule has 0 unspecified atom stereocenters. The molecule has 6 heteroatoms. The van der Waals surface area contributed by atoms with E-state index in [4.69, 9.17) is 4.74 Å². The van der Waals surface area contributed by atoms with Crippen LogP contribution < -0.4 is 10.1 Å². The molecule has 0 aliphatic rings. The molecule has 0 radical (unpaired) electrons. The van der Waals surface area contributed by atoms with Crippen molar-refractivity contribution in [2.45, 2.75) is 13.3 Å². The molecule has 1 aromatic heterocycles. The van der Waals surface area contributed by atoms with Crippen LogP contribution in [-0.4, -0.2) is 17.5 Å². The molecular weight excluding hydrogens is 400 g/mol. The van der Waals surface area contributed by atoms with E-state index < -0.39 is 0 Å². The van der Waals surface area contributed by atoms with E-state index in [1.54, 1.807) is 0 Å². The Bertz CT molecular complexity index is 845. The lowest BCUT2D eigenvalue weighted by molar-refractivity contribution is -0.115. The summed E-state index contributed by atoms with van der Waals surface area (Å²) in [6.45, 7) is 2.57. The van der Waals surface area contributed by atoms with Gasteiger partial charge >= 0.3 is 0 Å². The van der Waals surface area contributed by atoms with Crippen molar-refractivity contribution in [3.8, 4) is 17.0 Å². The summed E-state index contributed by atoms with van der Waals surface area (Å²) in [6.07, 6.45) is 0.305. The van der Waals surface area contributed by atoms with E-state index in [0.717, 1.165) is 27.0 Å². The van der Waals surface area contributed by atoms with Crippen LogP contribution >= 0.6 is 27.3 Å². The van der Waals surface area contributed by atoms with E-state index in [0.29, 0.717) is 18.2 Å². The molecule has 1 amide bonds. The number of ether oxygens (including phenoxy) is 1. The number of hydrogen-bond acceptors (Lipinski definition) is 4. The highest BCUT2D eigenvalue weighted by Crippen LogP contribution is 2.26. The molecular formula is C19H17BrN2O2S. The first-order chi connectivity index (χ1) is 12.1. The lowest BCUT2D eigenvalue weighted by Crippen LogP contribution is -2.14. The fourth-order valence-electron chi connectivity index (χ4n) is 2.30. The van der Waals surface area contributed by atoms with Crippen LogP contribution in [-0.2, 0) is 11.2 Å². The van der Waals surface area contributed by atoms with Crippen molar-refractivity contribution in [1.29, 1.82) is 0 Å². The van der Waals surface area contributed by atoms with Gasteiger partial charge < -0.3 is 10.1 Å². The number of benzene rings is 2. The Hall–Kier alpha value is -2.18. The molecule has 3 rings (SSSR count). The predicted molar refractivity (Wildman–Crippen MR) is 105 cm³/mol. The Morgan fingerprint density at radius 3 is 2.56 bits per heavy atom. The molecule has 128 valence electrons. The highest BCUT2D eigenvalue weighted by molar-refractivity contribution is 9.10. The van der Waals surface area contributed by atoms with Crippen molar-refractivity contribution in [3.63, 3.8) is 0 Å². The first kappa shape index (κ1) is 17.6. The normalized spacial score (nSPS) is 10.5. The summed E-state index contributed by atoms with van der Waals surface area (Å²) in [5.74, 6) is 0.728. The van der Waals surface area contributed by atoms with Gasteiger partial charge in [0.25, 0.3) is 0 Å². The topological polar surface area (TPSA) is 51.2 Å². The SMILES string of the molecule is CCOc1ccc(CC(=O)Nc2nc(-c3ccc(Br)cc3)cs2)cc1. The fourth-order valence-corrected chi connectivity index (χ4v) is 3.30. The van der Waals surface area contributed by atoms with Crippen LogP contribution in [0.2, 0.25) is 0 Å². The summed E-state index contributed by atoms with van der Waals surface area (Å²) in [5, 5.41) is 5.41. The van der Waals surface area contributed by atoms with E-state index >= 15 is 0 Å². The Morgan fingerprint density at radius 2 is 1.88 bits per heavy atom. The smallest absolute Gasteiger partial charge is 0.230 e. The number of thiazole rings is 1. The second kappa shape index (κ2) is 8.27. The summed E-state index contributed by atoms with van der Waals surface area (Å²) < 4.78 is 6.43. The van der Waals surface area contributed by atoms with Crippen LogP contribution in [0.25, 0.3) is 11.3 Å². The largest absolute Gasteiger partial charge is 0.494 e. The minimum absolute atomic E-state index is 0.0825. The van der Waals surface area contributed by atoms with Gasteiger partial charge in [-0.2, -0.15) is 0 Å². The maximum atomic E-state index is 12.2. The third-order valence-corrected chi connectivity index (χ3v) is 4.78. The molecule has 0 atom stereocenters. The lowest BCUT2D eigenvalue weighted by atomic mass is 10.1. The Kier molecular flexibility index (Phi) is 5.83. The van der Waals surface area contributed by atoms with Gasteiger partial charge in [-0.3, -0.25) is 4.79 Å². The third kappa shape index (κ3) is 4.90. The molecule has 2 aromatic carbocycles. The fraction of sp³-hybridized carbons (Fsp3) is 0.158. The van der Waals surface area contributed by atoms with Gasteiger partial charge in [-0.1, -0.05) is 40.2 Å². The van der Waals surface area contributed by atoms with Crippen LogP contribution in [0.15, 0.2) is 58.4 Å². The second-order valence-corrected chi connectivity index (χ2v) is 7.12. The predicted octanol–water partition coefficient (Wildman–Crippen LogP) is 5.15. The van der Waals surface area contributed by atoms with Crippen molar-refractivity contribution in [1.82, 2.24) is 4.98 Å². The van der Waals surface area contributed by atoms with Crippen LogP contribution in [0, 0.1) is 0 Å². The van der Waals surface area contributed by atoms with Crippen molar-refractivity contribution < 1.29 is 9.53 Å². The number of anilines is 1. The van der Waals surface area contributed by atoms with Crippen LogP contribution in [0.4, 0.5) is 5.13 Å². The maximum absolute atomic E-state index is 12.2. The zero-order valence-corrected chi connectivity index (χ0v) is 16.1. The number of carbonyl (C=O) groups is 1. The van der Waals surface area contributed by atoms with Crippen LogP contribution in [0.5, 0.6) is 5.75 Å². The zero-order valence-electron chi connectivity index (χ0n) is 13.7. The van der Waals surface area contributed by atoms with Gasteiger partial charge in [0.15, 0.2) is 5.13 Å². The minimum Gasteiger partial charge on any atom is -0.494 e. The quantitative estimate of drug-likeness (QED) is 0.603. The maximum Gasteiger partial charge on any atom is 0.230 e. The molecule has 1 N–H and O–H groups in total. The summed E-state index contributed by atoms with van der Waals surface area (Å²) in [4.78, 5) is 16.7. The summed E-state index contributed by atoms with van der Waals surface area (Å²) in [5.41, 5.74) is 2.81. The second-order valence-electron chi connectivity index (χ2n) is 5.35. The first-order valence-electron chi connectivity index (χ1n) is 7.87. The third-order valence-electron chi connectivity index (χ3n) is 3.49. The van der Waals surface area contributed by atoms with E-state index in [2.05, 4.69) is 26.2 Å². The summed E-state index contributed by atoms with van der Waals surface area (Å²) >= 11 is 4.84. The van der Waals surface area contributed by atoms with Gasteiger partial charge in [0, 0.05) is 15.4 Å². The molecule has 0 spiro atoms. The number of rotatable bonds is 6. The highest BCUT2D eigenvalue weighted by atomic mass is 79.9. The van der Waals surface area contributed by atoms with Crippen molar-refractivity contribution >= 4 is 38.3 Å².